The van der Waals surface area contributed by atoms with Crippen LogP contribution in [0.3, 0.4) is 0 Å². The molecule has 0 saturated heterocycles. The SMILES string of the molecule is O=[N+]([O-])c1cc(CNc2cc(F)cc(F)c2F)ccc1Br. The zero-order valence-corrected chi connectivity index (χ0v) is 12.0. The van der Waals surface area contributed by atoms with Crippen molar-refractivity contribution < 1.29 is 18.1 Å². The predicted molar refractivity (Wildman–Crippen MR) is 74.4 cm³/mol. The lowest BCUT2D eigenvalue weighted by molar-refractivity contribution is -0.385. The van der Waals surface area contributed by atoms with Crippen molar-refractivity contribution in [3.05, 3.63) is 67.9 Å². The molecular weight excluding hydrogens is 353 g/mol. The van der Waals surface area contributed by atoms with Crippen molar-refractivity contribution in [3.63, 3.8) is 0 Å². The summed E-state index contributed by atoms with van der Waals surface area (Å²) in [5.74, 6) is -3.43. The minimum Gasteiger partial charge on any atom is -0.378 e. The van der Waals surface area contributed by atoms with Gasteiger partial charge in [-0.1, -0.05) is 6.07 Å². The van der Waals surface area contributed by atoms with Gasteiger partial charge in [-0.2, -0.15) is 0 Å². The highest BCUT2D eigenvalue weighted by Gasteiger charge is 2.14. The van der Waals surface area contributed by atoms with E-state index in [0.717, 1.165) is 6.07 Å². The number of hydrogen-bond acceptors (Lipinski definition) is 3. The van der Waals surface area contributed by atoms with Crippen LogP contribution in [0.2, 0.25) is 0 Å². The highest BCUT2D eigenvalue weighted by Crippen LogP contribution is 2.26. The molecule has 2 rings (SSSR count). The van der Waals surface area contributed by atoms with Crippen LogP contribution in [0.1, 0.15) is 5.56 Å². The Balaban J connectivity index is 2.21. The molecular formula is C13H8BrF3N2O2. The van der Waals surface area contributed by atoms with Crippen molar-refractivity contribution in [1.29, 1.82) is 0 Å². The fraction of sp³-hybridized carbons (Fsp3) is 0.0769. The number of rotatable bonds is 4. The number of nitro benzene ring substituents is 1. The zero-order valence-electron chi connectivity index (χ0n) is 10.4. The summed E-state index contributed by atoms with van der Waals surface area (Å²) in [5, 5.41) is 13.3. The lowest BCUT2D eigenvalue weighted by Gasteiger charge is -2.09. The second kappa shape index (κ2) is 6.13. The van der Waals surface area contributed by atoms with E-state index in [2.05, 4.69) is 21.2 Å². The first-order valence-corrected chi connectivity index (χ1v) is 6.49. The van der Waals surface area contributed by atoms with E-state index >= 15 is 0 Å². The fourth-order valence-electron chi connectivity index (χ4n) is 1.69. The second-order valence-corrected chi connectivity index (χ2v) is 5.00. The smallest absolute Gasteiger partial charge is 0.283 e. The van der Waals surface area contributed by atoms with Gasteiger partial charge < -0.3 is 5.32 Å². The van der Waals surface area contributed by atoms with Crippen molar-refractivity contribution in [2.24, 2.45) is 0 Å². The van der Waals surface area contributed by atoms with Gasteiger partial charge in [-0.25, -0.2) is 13.2 Å². The van der Waals surface area contributed by atoms with Crippen molar-refractivity contribution in [2.45, 2.75) is 6.54 Å². The van der Waals surface area contributed by atoms with E-state index in [1.54, 1.807) is 6.07 Å². The average Bonchev–Trinajstić information content (AvgIpc) is 2.42. The molecule has 0 fully saturated rings. The number of anilines is 1. The van der Waals surface area contributed by atoms with E-state index in [1.165, 1.54) is 12.1 Å². The van der Waals surface area contributed by atoms with Gasteiger partial charge in [0.15, 0.2) is 11.6 Å². The van der Waals surface area contributed by atoms with Crippen molar-refractivity contribution in [1.82, 2.24) is 0 Å². The third kappa shape index (κ3) is 3.52. The first-order chi connectivity index (χ1) is 9.88. The number of nitrogens with zero attached hydrogens (tertiary/aromatic N) is 1. The summed E-state index contributed by atoms with van der Waals surface area (Å²) in [4.78, 5) is 10.2. The van der Waals surface area contributed by atoms with Gasteiger partial charge in [0.1, 0.15) is 5.82 Å². The average molecular weight is 361 g/mol. The van der Waals surface area contributed by atoms with Gasteiger partial charge in [-0.05, 0) is 27.6 Å². The molecule has 0 atom stereocenters. The highest BCUT2D eigenvalue weighted by atomic mass is 79.9. The Labute approximate surface area is 125 Å². The molecule has 0 saturated carbocycles. The zero-order chi connectivity index (χ0) is 15.6. The van der Waals surface area contributed by atoms with Gasteiger partial charge in [0.25, 0.3) is 5.69 Å². The maximum absolute atomic E-state index is 13.4. The molecule has 0 aliphatic carbocycles. The van der Waals surface area contributed by atoms with Gasteiger partial charge in [0.2, 0.25) is 0 Å². The molecule has 4 nitrogen and oxygen atoms in total. The standard InChI is InChI=1S/C13H8BrF3N2O2/c14-9-2-1-7(3-12(9)19(20)21)6-18-11-5-8(15)4-10(16)13(11)17/h1-5,18H,6H2. The Morgan fingerprint density at radius 1 is 1.19 bits per heavy atom. The van der Waals surface area contributed by atoms with Gasteiger partial charge in [0, 0.05) is 24.7 Å². The van der Waals surface area contributed by atoms with Gasteiger partial charge >= 0.3 is 0 Å². The van der Waals surface area contributed by atoms with Crippen LogP contribution >= 0.6 is 15.9 Å². The molecule has 2 aromatic carbocycles. The summed E-state index contributed by atoms with van der Waals surface area (Å²) < 4.78 is 39.8. The topological polar surface area (TPSA) is 55.2 Å². The van der Waals surface area contributed by atoms with E-state index in [4.69, 9.17) is 0 Å². The minimum absolute atomic E-state index is 0.0199. The number of nitrogens with one attached hydrogen (secondary N) is 1. The monoisotopic (exact) mass is 360 g/mol. The molecule has 0 heterocycles. The molecule has 0 spiro atoms. The minimum atomic E-state index is -1.31. The highest BCUT2D eigenvalue weighted by molar-refractivity contribution is 9.10. The fourth-order valence-corrected chi connectivity index (χ4v) is 2.08. The van der Waals surface area contributed by atoms with Crippen molar-refractivity contribution in [2.75, 3.05) is 5.32 Å². The third-order valence-corrected chi connectivity index (χ3v) is 3.35. The molecule has 110 valence electrons. The third-order valence-electron chi connectivity index (χ3n) is 2.68. The number of hydrogen-bond donors (Lipinski definition) is 1. The summed E-state index contributed by atoms with van der Waals surface area (Å²) >= 11 is 3.04. The van der Waals surface area contributed by atoms with E-state index in [-0.39, 0.29) is 17.9 Å². The van der Waals surface area contributed by atoms with Crippen LogP contribution in [-0.4, -0.2) is 4.92 Å². The molecule has 0 amide bonds. The summed E-state index contributed by atoms with van der Waals surface area (Å²) in [6.07, 6.45) is 0. The van der Waals surface area contributed by atoms with E-state index in [0.29, 0.717) is 16.1 Å². The summed E-state index contributed by atoms with van der Waals surface area (Å²) in [6.45, 7) is -0.0199. The largest absolute Gasteiger partial charge is 0.378 e. The van der Waals surface area contributed by atoms with Gasteiger partial charge in [-0.15, -0.1) is 0 Å². The van der Waals surface area contributed by atoms with Gasteiger partial charge in [-0.3, -0.25) is 10.1 Å². The molecule has 0 radical (unpaired) electrons. The molecule has 1 N–H and O–H groups in total. The summed E-state index contributed by atoms with van der Waals surface area (Å²) in [7, 11) is 0. The summed E-state index contributed by atoms with van der Waals surface area (Å²) in [6, 6.07) is 5.57. The summed E-state index contributed by atoms with van der Waals surface area (Å²) in [5.41, 5.74) is -0.0350. The Morgan fingerprint density at radius 3 is 2.57 bits per heavy atom. The molecule has 0 aliphatic rings. The molecule has 0 bridgehead atoms. The Bertz CT molecular complexity index is 710. The Morgan fingerprint density at radius 2 is 1.90 bits per heavy atom. The molecule has 0 aromatic heterocycles. The first-order valence-electron chi connectivity index (χ1n) is 5.69. The quantitative estimate of drug-likeness (QED) is 0.499. The Hall–Kier alpha value is -2.09. The lowest BCUT2D eigenvalue weighted by atomic mass is 10.2. The molecule has 0 aliphatic heterocycles. The van der Waals surface area contributed by atoms with Crippen molar-refractivity contribution in [3.8, 4) is 0 Å². The maximum atomic E-state index is 13.4. The molecule has 2 aromatic rings. The van der Waals surface area contributed by atoms with Gasteiger partial charge in [0.05, 0.1) is 15.1 Å². The van der Waals surface area contributed by atoms with Crippen LogP contribution in [0.25, 0.3) is 0 Å². The van der Waals surface area contributed by atoms with Crippen LogP contribution in [0.15, 0.2) is 34.8 Å². The normalized spacial score (nSPS) is 10.5. The van der Waals surface area contributed by atoms with Crippen LogP contribution < -0.4 is 5.32 Å². The van der Waals surface area contributed by atoms with Crippen LogP contribution in [0.4, 0.5) is 24.5 Å². The second-order valence-electron chi connectivity index (χ2n) is 4.15. The van der Waals surface area contributed by atoms with Crippen molar-refractivity contribution >= 4 is 27.3 Å². The lowest BCUT2D eigenvalue weighted by Crippen LogP contribution is -2.04. The van der Waals surface area contributed by atoms with E-state index in [1.807, 2.05) is 0 Å². The predicted octanol–water partition coefficient (Wildman–Crippen LogP) is 4.39. The molecule has 0 unspecified atom stereocenters. The van der Waals surface area contributed by atoms with E-state index in [9.17, 15) is 23.3 Å². The maximum Gasteiger partial charge on any atom is 0.283 e. The number of halogens is 4. The number of nitro groups is 1. The Kier molecular flexibility index (Phi) is 4.46. The molecule has 21 heavy (non-hydrogen) atoms. The van der Waals surface area contributed by atoms with Crippen LogP contribution in [-0.2, 0) is 6.54 Å². The molecule has 8 heteroatoms. The number of benzene rings is 2. The van der Waals surface area contributed by atoms with Crippen LogP contribution in [0.5, 0.6) is 0 Å². The van der Waals surface area contributed by atoms with E-state index < -0.39 is 22.4 Å². The first kappa shape index (κ1) is 15.3. The van der Waals surface area contributed by atoms with Crippen LogP contribution in [0, 0.1) is 27.6 Å².